The Morgan fingerprint density at radius 1 is 0.429 bits per heavy atom. The van der Waals surface area contributed by atoms with Crippen molar-refractivity contribution in [2.75, 3.05) is 0 Å². The lowest BCUT2D eigenvalue weighted by Crippen LogP contribution is -2.01. The van der Waals surface area contributed by atoms with E-state index in [1.165, 1.54) is 0 Å². The highest BCUT2D eigenvalue weighted by molar-refractivity contribution is 6.18. The highest BCUT2D eigenvalue weighted by Crippen LogP contribution is 2.50. The standard InChI is InChI=1S/C44H28N4O/c1-4-14-29(15-5-1)32-20-10-11-21-33(32)34-24-25-39-41(35-22-12-13-23-38(35)49-39)42(34)44-43(37-26-27-46-48-47-37)40(31-18-8-3-9-19-31)36(28-45-44)30-16-6-2-7-17-30/h1-28H. The number of pyridine rings is 1. The molecule has 49 heavy (non-hydrogen) atoms. The van der Waals surface area contributed by atoms with Crippen molar-refractivity contribution in [1.29, 1.82) is 0 Å². The first-order valence-electron chi connectivity index (χ1n) is 16.2. The predicted octanol–water partition coefficient (Wildman–Crippen LogP) is 11.2. The van der Waals surface area contributed by atoms with Gasteiger partial charge in [-0.15, -0.1) is 10.2 Å². The van der Waals surface area contributed by atoms with Gasteiger partial charge in [-0.2, -0.15) is 0 Å². The maximum atomic E-state index is 6.51. The predicted molar refractivity (Wildman–Crippen MR) is 198 cm³/mol. The van der Waals surface area contributed by atoms with Gasteiger partial charge in [0.25, 0.3) is 0 Å². The van der Waals surface area contributed by atoms with Crippen LogP contribution in [-0.2, 0) is 0 Å². The van der Waals surface area contributed by atoms with Crippen LogP contribution in [0.15, 0.2) is 175 Å². The quantitative estimate of drug-likeness (QED) is 0.183. The molecule has 0 aliphatic carbocycles. The molecular weight excluding hydrogens is 601 g/mol. The Labute approximate surface area is 283 Å². The molecule has 5 nitrogen and oxygen atoms in total. The Balaban J connectivity index is 1.47. The van der Waals surface area contributed by atoms with E-state index in [9.17, 15) is 0 Å². The molecular formula is C44H28N4O. The lowest BCUT2D eigenvalue weighted by molar-refractivity contribution is 0.669. The maximum Gasteiger partial charge on any atom is 0.136 e. The van der Waals surface area contributed by atoms with Crippen LogP contribution in [0.5, 0.6) is 0 Å². The van der Waals surface area contributed by atoms with Gasteiger partial charge in [-0.1, -0.05) is 133 Å². The molecule has 6 aromatic carbocycles. The Bertz CT molecular complexity index is 2580. The second-order valence-corrected chi connectivity index (χ2v) is 11.9. The average Bonchev–Trinajstić information content (AvgIpc) is 3.57. The molecule has 0 N–H and O–H groups in total. The second-order valence-electron chi connectivity index (χ2n) is 11.9. The fraction of sp³-hybridized carbons (Fsp3) is 0. The van der Waals surface area contributed by atoms with Crippen LogP contribution in [-0.4, -0.2) is 20.4 Å². The first-order chi connectivity index (χ1) is 24.3. The highest BCUT2D eigenvalue weighted by Gasteiger charge is 2.27. The summed E-state index contributed by atoms with van der Waals surface area (Å²) in [6.07, 6.45) is 3.69. The third-order valence-corrected chi connectivity index (χ3v) is 9.07. The van der Waals surface area contributed by atoms with Crippen molar-refractivity contribution in [2.45, 2.75) is 0 Å². The molecule has 0 atom stereocenters. The van der Waals surface area contributed by atoms with E-state index in [2.05, 4.69) is 137 Å². The zero-order valence-corrected chi connectivity index (χ0v) is 26.4. The minimum atomic E-state index is 0.682. The Morgan fingerprint density at radius 2 is 1.06 bits per heavy atom. The SMILES string of the molecule is c1ccc(-c2ccccc2-c2ccc3oc4ccccc4c3c2-c2ncc(-c3ccccc3)c(-c3ccccc3)c2-c2ccnnn2)cc1. The number of benzene rings is 6. The summed E-state index contributed by atoms with van der Waals surface area (Å²) in [5.41, 5.74) is 13.5. The lowest BCUT2D eigenvalue weighted by atomic mass is 9.83. The van der Waals surface area contributed by atoms with Gasteiger partial charge in [-0.25, -0.2) is 0 Å². The van der Waals surface area contributed by atoms with Gasteiger partial charge in [0, 0.05) is 39.2 Å². The molecule has 0 radical (unpaired) electrons. The Morgan fingerprint density at radius 3 is 1.78 bits per heavy atom. The van der Waals surface area contributed by atoms with Gasteiger partial charge in [0.2, 0.25) is 0 Å². The van der Waals surface area contributed by atoms with Crippen molar-refractivity contribution in [2.24, 2.45) is 0 Å². The number of furan rings is 1. The zero-order valence-electron chi connectivity index (χ0n) is 26.4. The van der Waals surface area contributed by atoms with Crippen molar-refractivity contribution < 1.29 is 4.42 Å². The highest BCUT2D eigenvalue weighted by atomic mass is 16.3. The summed E-state index contributed by atoms with van der Waals surface area (Å²) in [7, 11) is 0. The molecule has 0 amide bonds. The number of para-hydroxylation sites is 1. The molecule has 230 valence electrons. The number of aromatic nitrogens is 4. The largest absolute Gasteiger partial charge is 0.456 e. The minimum absolute atomic E-state index is 0.682. The van der Waals surface area contributed by atoms with Gasteiger partial charge in [0.1, 0.15) is 11.2 Å². The van der Waals surface area contributed by atoms with Gasteiger partial charge in [-0.05, 0) is 62.9 Å². The van der Waals surface area contributed by atoms with Crippen LogP contribution in [0.3, 0.4) is 0 Å². The van der Waals surface area contributed by atoms with E-state index in [0.29, 0.717) is 5.69 Å². The van der Waals surface area contributed by atoms with Crippen LogP contribution in [0.4, 0.5) is 0 Å². The molecule has 9 rings (SSSR count). The normalized spacial score (nSPS) is 11.3. The van der Waals surface area contributed by atoms with Crippen LogP contribution >= 0.6 is 0 Å². The van der Waals surface area contributed by atoms with Crippen LogP contribution in [0, 0.1) is 0 Å². The Hall–Kier alpha value is -6.72. The first kappa shape index (κ1) is 28.5. The van der Waals surface area contributed by atoms with Crippen LogP contribution in [0.25, 0.3) is 89.0 Å². The maximum absolute atomic E-state index is 6.51. The van der Waals surface area contributed by atoms with Crippen molar-refractivity contribution in [3.05, 3.63) is 170 Å². The molecule has 9 aromatic rings. The summed E-state index contributed by atoms with van der Waals surface area (Å²) >= 11 is 0. The minimum Gasteiger partial charge on any atom is -0.456 e. The molecule has 0 unspecified atom stereocenters. The van der Waals surface area contributed by atoms with Gasteiger partial charge < -0.3 is 4.42 Å². The van der Waals surface area contributed by atoms with Gasteiger partial charge in [-0.3, -0.25) is 4.98 Å². The number of hydrogen-bond donors (Lipinski definition) is 0. The lowest BCUT2D eigenvalue weighted by Gasteiger charge is -2.21. The fourth-order valence-corrected chi connectivity index (χ4v) is 6.94. The van der Waals surface area contributed by atoms with Gasteiger partial charge in [0.15, 0.2) is 0 Å². The number of rotatable bonds is 6. The van der Waals surface area contributed by atoms with E-state index >= 15 is 0 Å². The third-order valence-electron chi connectivity index (χ3n) is 9.07. The number of nitrogens with zero attached hydrogens (tertiary/aromatic N) is 4. The van der Waals surface area contributed by atoms with Crippen LogP contribution in [0.1, 0.15) is 0 Å². The van der Waals surface area contributed by atoms with E-state index in [4.69, 9.17) is 9.40 Å². The van der Waals surface area contributed by atoms with E-state index in [-0.39, 0.29) is 0 Å². The molecule has 0 aliphatic heterocycles. The monoisotopic (exact) mass is 628 g/mol. The van der Waals surface area contributed by atoms with Crippen molar-refractivity contribution in [3.8, 4) is 67.0 Å². The fourth-order valence-electron chi connectivity index (χ4n) is 6.94. The summed E-state index contributed by atoms with van der Waals surface area (Å²) in [6, 6.07) is 54.3. The molecule has 3 heterocycles. The van der Waals surface area contributed by atoms with Crippen LogP contribution < -0.4 is 0 Å². The van der Waals surface area contributed by atoms with Crippen molar-refractivity contribution in [1.82, 2.24) is 20.4 Å². The molecule has 0 aliphatic rings. The molecule has 3 aromatic heterocycles. The summed E-state index contributed by atoms with van der Waals surface area (Å²) in [4.78, 5) is 5.38. The zero-order chi connectivity index (χ0) is 32.6. The molecule has 0 fully saturated rings. The smallest absolute Gasteiger partial charge is 0.136 e. The van der Waals surface area contributed by atoms with E-state index in [1.807, 2.05) is 42.6 Å². The molecule has 0 saturated heterocycles. The van der Waals surface area contributed by atoms with Crippen molar-refractivity contribution >= 4 is 21.9 Å². The molecule has 0 spiro atoms. The first-order valence-corrected chi connectivity index (χ1v) is 16.2. The van der Waals surface area contributed by atoms with E-state index < -0.39 is 0 Å². The molecule has 0 saturated carbocycles. The summed E-state index contributed by atoms with van der Waals surface area (Å²) in [5.74, 6) is 0. The van der Waals surface area contributed by atoms with E-state index in [1.54, 1.807) is 6.20 Å². The number of fused-ring (bicyclic) bond motifs is 3. The van der Waals surface area contributed by atoms with Crippen LogP contribution in [0.2, 0.25) is 0 Å². The summed E-state index contributed by atoms with van der Waals surface area (Å²) in [6.45, 7) is 0. The molecule has 5 heteroatoms. The van der Waals surface area contributed by atoms with Crippen molar-refractivity contribution in [3.63, 3.8) is 0 Å². The third kappa shape index (κ3) is 4.96. The second kappa shape index (κ2) is 12.1. The molecule has 0 bridgehead atoms. The van der Waals surface area contributed by atoms with Gasteiger partial charge >= 0.3 is 0 Å². The summed E-state index contributed by atoms with van der Waals surface area (Å²) in [5, 5.41) is 14.8. The number of hydrogen-bond acceptors (Lipinski definition) is 5. The topological polar surface area (TPSA) is 64.7 Å². The van der Waals surface area contributed by atoms with Gasteiger partial charge in [0.05, 0.1) is 17.6 Å². The summed E-state index contributed by atoms with van der Waals surface area (Å²) < 4.78 is 6.51. The Kier molecular flexibility index (Phi) is 7.06. The van der Waals surface area contributed by atoms with E-state index in [0.717, 1.165) is 83.3 Å². The average molecular weight is 629 g/mol.